The van der Waals surface area contributed by atoms with Gasteiger partial charge in [0.25, 0.3) is 5.76 Å². The molecule has 0 amide bonds. The van der Waals surface area contributed by atoms with Crippen LogP contribution in [0.4, 0.5) is 8.78 Å². The lowest BCUT2D eigenvalue weighted by atomic mass is 10.1. The monoisotopic (exact) mass is 272 g/mol. The minimum Gasteiger partial charge on any atom is -0.198 e. The number of halogens is 3. The van der Waals surface area contributed by atoms with Gasteiger partial charge in [0.05, 0.1) is 5.69 Å². The van der Waals surface area contributed by atoms with Crippen LogP contribution < -0.4 is 0 Å². The average molecular weight is 273 g/mol. The van der Waals surface area contributed by atoms with Gasteiger partial charge in [-0.15, -0.1) is 10.2 Å². The third-order valence-electron chi connectivity index (χ3n) is 2.01. The molecule has 6 heteroatoms. The highest BCUT2D eigenvalue weighted by Crippen LogP contribution is 2.27. The van der Waals surface area contributed by atoms with E-state index in [2.05, 4.69) is 10.2 Å². The Morgan fingerprint density at radius 3 is 2.24 bits per heavy atom. The molecule has 1 aromatic carbocycles. The zero-order valence-electron chi connectivity index (χ0n) is 8.48. The van der Waals surface area contributed by atoms with Crippen molar-refractivity contribution in [3.8, 4) is 11.3 Å². The average Bonchev–Trinajstić information content (AvgIpc) is 2.30. The topological polar surface area (TPSA) is 25.8 Å². The van der Waals surface area contributed by atoms with Crippen molar-refractivity contribution in [2.75, 3.05) is 0 Å². The molecule has 0 fully saturated rings. The Kier molecular flexibility index (Phi) is 3.91. The van der Waals surface area contributed by atoms with Crippen LogP contribution in [0.25, 0.3) is 11.3 Å². The molecule has 0 spiro atoms. The molecule has 2 nitrogen and oxygen atoms in total. The lowest BCUT2D eigenvalue weighted by molar-refractivity contribution is 0.252. The zero-order valence-corrected chi connectivity index (χ0v) is 10.1. The van der Waals surface area contributed by atoms with Gasteiger partial charge in [-0.1, -0.05) is 35.5 Å². The number of benzene rings is 1. The Labute approximate surface area is 106 Å². The van der Waals surface area contributed by atoms with Gasteiger partial charge in [0.15, 0.2) is 5.15 Å². The van der Waals surface area contributed by atoms with Gasteiger partial charge in [0, 0.05) is 10.5 Å². The number of hydrogen-bond donors (Lipinski definition) is 0. The molecule has 88 valence electrons. The summed E-state index contributed by atoms with van der Waals surface area (Å²) in [6, 6.07) is 10.1. The van der Waals surface area contributed by atoms with E-state index in [0.29, 0.717) is 27.5 Å². The van der Waals surface area contributed by atoms with E-state index < -0.39 is 5.76 Å². The molecule has 0 aliphatic rings. The van der Waals surface area contributed by atoms with Crippen LogP contribution in [0.5, 0.6) is 0 Å². The van der Waals surface area contributed by atoms with Gasteiger partial charge in [-0.25, -0.2) is 0 Å². The molecule has 2 rings (SSSR count). The largest absolute Gasteiger partial charge is 0.288 e. The highest BCUT2D eigenvalue weighted by molar-refractivity contribution is 7.99. The second-order valence-corrected chi connectivity index (χ2v) is 4.59. The molecule has 0 aliphatic carbocycles. The summed E-state index contributed by atoms with van der Waals surface area (Å²) < 4.78 is 24.2. The lowest BCUT2D eigenvalue weighted by Crippen LogP contribution is -1.87. The molecular weight excluding hydrogens is 266 g/mol. The van der Waals surface area contributed by atoms with Crippen molar-refractivity contribution in [3.05, 3.63) is 41.6 Å². The Balaban J connectivity index is 2.20. The maximum atomic E-state index is 12.1. The van der Waals surface area contributed by atoms with E-state index in [1.54, 1.807) is 36.4 Å². The minimum absolute atomic E-state index is 0.318. The zero-order chi connectivity index (χ0) is 12.3. The molecule has 0 aliphatic heterocycles. The van der Waals surface area contributed by atoms with Crippen LogP contribution in [0.15, 0.2) is 41.3 Å². The number of hydrogen-bond acceptors (Lipinski definition) is 3. The number of rotatable bonds is 3. The van der Waals surface area contributed by atoms with Gasteiger partial charge in [0.1, 0.15) is 0 Å². The minimum atomic E-state index is -2.41. The number of thioether (sulfide) groups is 1. The highest BCUT2D eigenvalue weighted by atomic mass is 35.5. The summed E-state index contributed by atoms with van der Waals surface area (Å²) in [5.74, 6) is -2.41. The molecule has 0 N–H and O–H groups in total. The van der Waals surface area contributed by atoms with Crippen LogP contribution >= 0.6 is 23.4 Å². The van der Waals surface area contributed by atoms with Gasteiger partial charge >= 0.3 is 0 Å². The molecule has 0 bridgehead atoms. The first-order valence-electron chi connectivity index (χ1n) is 4.69. The second kappa shape index (κ2) is 5.42. The summed E-state index contributed by atoms with van der Waals surface area (Å²) in [6.07, 6.45) is 0. The summed E-state index contributed by atoms with van der Waals surface area (Å²) in [4.78, 5) is 0.519. The highest BCUT2D eigenvalue weighted by Gasteiger charge is 2.06. The van der Waals surface area contributed by atoms with Crippen LogP contribution in [0, 0.1) is 0 Å². The van der Waals surface area contributed by atoms with Gasteiger partial charge < -0.3 is 0 Å². The molecule has 1 aromatic heterocycles. The van der Waals surface area contributed by atoms with E-state index in [4.69, 9.17) is 11.6 Å². The third kappa shape index (κ3) is 3.38. The van der Waals surface area contributed by atoms with Crippen LogP contribution in [0.2, 0.25) is 5.15 Å². The number of aromatic nitrogens is 2. The predicted octanol–water partition coefficient (Wildman–Crippen LogP) is 4.11. The maximum Gasteiger partial charge on any atom is 0.288 e. The molecule has 2 aromatic rings. The fraction of sp³-hybridized carbons (Fsp3) is 0.0909. The van der Waals surface area contributed by atoms with E-state index in [-0.39, 0.29) is 0 Å². The van der Waals surface area contributed by atoms with Gasteiger partial charge in [-0.2, -0.15) is 8.78 Å². The van der Waals surface area contributed by atoms with Gasteiger partial charge in [-0.05, 0) is 24.3 Å². The van der Waals surface area contributed by atoms with Crippen molar-refractivity contribution in [1.82, 2.24) is 10.2 Å². The normalized spacial score (nSPS) is 10.8. The Bertz CT molecular complexity index is 488. The Hall–Kier alpha value is -1.20. The van der Waals surface area contributed by atoms with Crippen molar-refractivity contribution < 1.29 is 8.78 Å². The van der Waals surface area contributed by atoms with Crippen molar-refractivity contribution in [2.24, 2.45) is 0 Å². The molecule has 0 atom stereocenters. The molecule has 0 radical (unpaired) electrons. The van der Waals surface area contributed by atoms with Crippen LogP contribution in [0.1, 0.15) is 0 Å². The van der Waals surface area contributed by atoms with Crippen molar-refractivity contribution in [1.29, 1.82) is 0 Å². The van der Waals surface area contributed by atoms with E-state index >= 15 is 0 Å². The fourth-order valence-corrected chi connectivity index (χ4v) is 1.88. The fourth-order valence-electron chi connectivity index (χ4n) is 1.28. The standard InChI is InChI=1S/C11H7ClF2N2S/c12-10-6-5-9(15-16-10)7-1-3-8(4-2-7)17-11(13)14/h1-6,11H. The Morgan fingerprint density at radius 2 is 1.71 bits per heavy atom. The summed E-state index contributed by atoms with van der Waals surface area (Å²) in [5.41, 5.74) is 1.47. The van der Waals surface area contributed by atoms with E-state index in [1.165, 1.54) is 0 Å². The maximum absolute atomic E-state index is 12.1. The Morgan fingerprint density at radius 1 is 1.00 bits per heavy atom. The van der Waals surface area contributed by atoms with Crippen molar-refractivity contribution in [2.45, 2.75) is 10.7 Å². The first kappa shape index (κ1) is 12.3. The third-order valence-corrected chi connectivity index (χ3v) is 2.93. The summed E-state index contributed by atoms with van der Waals surface area (Å²) in [7, 11) is 0. The van der Waals surface area contributed by atoms with E-state index in [0.717, 1.165) is 5.56 Å². The quantitative estimate of drug-likeness (QED) is 0.787. The lowest BCUT2D eigenvalue weighted by Gasteiger charge is -2.02. The molecule has 1 heterocycles. The smallest absolute Gasteiger partial charge is 0.198 e. The molecule has 0 saturated heterocycles. The van der Waals surface area contributed by atoms with Crippen molar-refractivity contribution >= 4 is 23.4 Å². The second-order valence-electron chi connectivity index (χ2n) is 3.14. The summed E-state index contributed by atoms with van der Waals surface area (Å²) in [5, 5.41) is 7.94. The molecule has 17 heavy (non-hydrogen) atoms. The molecule has 0 saturated carbocycles. The summed E-state index contributed by atoms with van der Waals surface area (Å²) >= 11 is 6.14. The number of nitrogens with zero attached hydrogens (tertiary/aromatic N) is 2. The number of alkyl halides is 2. The first-order valence-corrected chi connectivity index (χ1v) is 5.95. The first-order chi connectivity index (χ1) is 8.15. The van der Waals surface area contributed by atoms with E-state index in [1.807, 2.05) is 0 Å². The van der Waals surface area contributed by atoms with Gasteiger partial charge in [0.2, 0.25) is 0 Å². The molecular formula is C11H7ClF2N2S. The molecule has 0 unspecified atom stereocenters. The van der Waals surface area contributed by atoms with Gasteiger partial charge in [-0.3, -0.25) is 0 Å². The predicted molar refractivity (Wildman–Crippen MR) is 64.3 cm³/mol. The summed E-state index contributed by atoms with van der Waals surface area (Å²) in [6.45, 7) is 0. The van der Waals surface area contributed by atoms with E-state index in [9.17, 15) is 8.78 Å². The van der Waals surface area contributed by atoms with Crippen LogP contribution in [-0.2, 0) is 0 Å². The van der Waals surface area contributed by atoms with Crippen molar-refractivity contribution in [3.63, 3.8) is 0 Å². The van der Waals surface area contributed by atoms with Crippen LogP contribution in [0.3, 0.4) is 0 Å². The SMILES string of the molecule is FC(F)Sc1ccc(-c2ccc(Cl)nn2)cc1. The van der Waals surface area contributed by atoms with Crippen LogP contribution in [-0.4, -0.2) is 16.0 Å².